The molecule has 1 aromatic rings. The van der Waals surface area contributed by atoms with Gasteiger partial charge in [-0.05, 0) is 42.3 Å². The number of anilines is 1. The van der Waals surface area contributed by atoms with Crippen LogP contribution in [0.3, 0.4) is 0 Å². The highest BCUT2D eigenvalue weighted by atomic mass is 79.9. The van der Waals surface area contributed by atoms with Gasteiger partial charge in [0, 0.05) is 30.3 Å². The quantitative estimate of drug-likeness (QED) is 0.908. The van der Waals surface area contributed by atoms with Crippen molar-refractivity contribution < 1.29 is 4.79 Å². The molecule has 0 radical (unpaired) electrons. The molecule has 0 aliphatic rings. The van der Waals surface area contributed by atoms with Crippen molar-refractivity contribution in [2.75, 3.05) is 18.9 Å². The smallest absolute Gasteiger partial charge is 0.257 e. The minimum Gasteiger partial charge on any atom is -0.370 e. The summed E-state index contributed by atoms with van der Waals surface area (Å²) in [6, 6.07) is 2.03. The van der Waals surface area contributed by atoms with E-state index in [4.69, 9.17) is 0 Å². The number of hydrogen-bond acceptors (Lipinski definition) is 3. The highest BCUT2D eigenvalue weighted by Gasteiger charge is 2.20. The van der Waals surface area contributed by atoms with Crippen LogP contribution in [0, 0.1) is 0 Å². The Kier molecular flexibility index (Phi) is 5.59. The van der Waals surface area contributed by atoms with Gasteiger partial charge >= 0.3 is 0 Å². The zero-order chi connectivity index (χ0) is 13.7. The van der Waals surface area contributed by atoms with Crippen LogP contribution in [-0.2, 0) is 0 Å². The van der Waals surface area contributed by atoms with E-state index in [-0.39, 0.29) is 11.9 Å². The molecule has 1 heterocycles. The van der Waals surface area contributed by atoms with E-state index in [2.05, 4.69) is 33.2 Å². The first-order chi connectivity index (χ1) is 8.51. The van der Waals surface area contributed by atoms with Gasteiger partial charge in [-0.2, -0.15) is 0 Å². The Morgan fingerprint density at radius 3 is 2.78 bits per heavy atom. The lowest BCUT2D eigenvalue weighted by atomic mass is 10.1. The molecule has 0 saturated heterocycles. The first-order valence-electron chi connectivity index (χ1n) is 6.17. The van der Waals surface area contributed by atoms with Gasteiger partial charge < -0.3 is 10.2 Å². The van der Waals surface area contributed by atoms with Gasteiger partial charge in [-0.15, -0.1) is 0 Å². The Balaban J connectivity index is 3.06. The fourth-order valence-electron chi connectivity index (χ4n) is 1.57. The molecule has 1 atom stereocenters. The summed E-state index contributed by atoms with van der Waals surface area (Å²) < 4.78 is 0.810. The number of pyridine rings is 1. The van der Waals surface area contributed by atoms with Gasteiger partial charge in [-0.3, -0.25) is 4.79 Å². The minimum absolute atomic E-state index is 0.00546. The van der Waals surface area contributed by atoms with Crippen molar-refractivity contribution in [1.29, 1.82) is 0 Å². The van der Waals surface area contributed by atoms with E-state index < -0.39 is 0 Å². The van der Waals surface area contributed by atoms with Crippen LogP contribution in [0.4, 0.5) is 5.82 Å². The second-order valence-electron chi connectivity index (χ2n) is 4.25. The zero-order valence-corrected chi connectivity index (χ0v) is 12.9. The Morgan fingerprint density at radius 2 is 2.22 bits per heavy atom. The molecular formula is C13H20BrN3O. The largest absolute Gasteiger partial charge is 0.370 e. The molecule has 4 nitrogen and oxygen atoms in total. The van der Waals surface area contributed by atoms with E-state index in [0.29, 0.717) is 11.4 Å². The zero-order valence-electron chi connectivity index (χ0n) is 11.3. The third-order valence-electron chi connectivity index (χ3n) is 3.00. The topological polar surface area (TPSA) is 45.2 Å². The maximum atomic E-state index is 12.4. The van der Waals surface area contributed by atoms with Gasteiger partial charge in [0.25, 0.3) is 5.91 Å². The van der Waals surface area contributed by atoms with E-state index in [9.17, 15) is 4.79 Å². The molecule has 0 saturated carbocycles. The number of halogens is 1. The van der Waals surface area contributed by atoms with Crippen molar-refractivity contribution in [3.05, 3.63) is 22.3 Å². The van der Waals surface area contributed by atoms with Gasteiger partial charge in [0.2, 0.25) is 0 Å². The Labute approximate surface area is 117 Å². The molecule has 1 N–H and O–H groups in total. The van der Waals surface area contributed by atoms with Crippen LogP contribution in [0.5, 0.6) is 0 Å². The van der Waals surface area contributed by atoms with Crippen molar-refractivity contribution >= 4 is 27.7 Å². The van der Waals surface area contributed by atoms with Gasteiger partial charge in [0.15, 0.2) is 0 Å². The molecule has 1 amide bonds. The number of hydrogen-bond donors (Lipinski definition) is 1. The summed E-state index contributed by atoms with van der Waals surface area (Å²) in [7, 11) is 1.83. The number of nitrogens with zero attached hydrogens (tertiary/aromatic N) is 2. The fourth-order valence-corrected chi connectivity index (χ4v) is 1.91. The Bertz CT molecular complexity index is 423. The van der Waals surface area contributed by atoms with Crippen molar-refractivity contribution in [3.63, 3.8) is 0 Å². The molecule has 0 aliphatic heterocycles. The molecule has 1 rings (SSSR count). The van der Waals surface area contributed by atoms with Crippen LogP contribution in [0.2, 0.25) is 0 Å². The van der Waals surface area contributed by atoms with Crippen LogP contribution in [0.1, 0.15) is 37.6 Å². The highest BCUT2D eigenvalue weighted by Crippen LogP contribution is 2.20. The van der Waals surface area contributed by atoms with E-state index in [0.717, 1.165) is 17.4 Å². The van der Waals surface area contributed by atoms with Crippen molar-refractivity contribution in [3.8, 4) is 0 Å². The van der Waals surface area contributed by atoms with Crippen molar-refractivity contribution in [1.82, 2.24) is 9.88 Å². The molecule has 0 aliphatic carbocycles. The van der Waals surface area contributed by atoms with Gasteiger partial charge in [-0.1, -0.05) is 6.92 Å². The normalized spacial score (nSPS) is 12.1. The maximum absolute atomic E-state index is 12.4. The molecule has 18 heavy (non-hydrogen) atoms. The first-order valence-corrected chi connectivity index (χ1v) is 6.97. The van der Waals surface area contributed by atoms with Crippen LogP contribution in [0.15, 0.2) is 16.7 Å². The summed E-state index contributed by atoms with van der Waals surface area (Å²) in [4.78, 5) is 18.4. The lowest BCUT2D eigenvalue weighted by Crippen LogP contribution is -2.35. The first kappa shape index (κ1) is 15.0. The molecule has 5 heteroatoms. The summed E-state index contributed by atoms with van der Waals surface area (Å²) in [6.07, 6.45) is 2.62. The number of carbonyl (C=O) groups is 1. The van der Waals surface area contributed by atoms with Gasteiger partial charge in [0.05, 0.1) is 5.56 Å². The second kappa shape index (κ2) is 6.73. The monoisotopic (exact) mass is 313 g/mol. The average molecular weight is 314 g/mol. The molecule has 100 valence electrons. The molecule has 1 aromatic heterocycles. The number of aromatic nitrogens is 1. The van der Waals surface area contributed by atoms with E-state index in [1.165, 1.54) is 0 Å². The van der Waals surface area contributed by atoms with E-state index in [1.54, 1.807) is 11.1 Å². The van der Waals surface area contributed by atoms with E-state index >= 15 is 0 Å². The predicted octanol–water partition coefficient (Wildman–Crippen LogP) is 3.15. The third-order valence-corrected chi connectivity index (χ3v) is 3.43. The molecule has 0 fully saturated rings. The van der Waals surface area contributed by atoms with Crippen LogP contribution in [-0.4, -0.2) is 35.4 Å². The third kappa shape index (κ3) is 3.45. The second-order valence-corrected chi connectivity index (χ2v) is 5.17. The molecule has 0 aromatic carbocycles. The summed E-state index contributed by atoms with van der Waals surface area (Å²) >= 11 is 3.36. The summed E-state index contributed by atoms with van der Waals surface area (Å²) in [5, 5.41) is 3.12. The summed E-state index contributed by atoms with van der Waals surface area (Å²) in [5.41, 5.74) is 0.606. The standard InChI is InChI=1S/C13H20BrN3O/c1-5-9(3)17(4)13(18)11-7-10(14)8-16-12(11)15-6-2/h7-9H,5-6H2,1-4H3,(H,15,16). The fraction of sp³-hybridized carbons (Fsp3) is 0.538. The molecule has 0 spiro atoms. The number of nitrogens with one attached hydrogen (secondary N) is 1. The molecular weight excluding hydrogens is 294 g/mol. The molecule has 0 bridgehead atoms. The molecule has 1 unspecified atom stereocenters. The van der Waals surface area contributed by atoms with Crippen LogP contribution >= 0.6 is 15.9 Å². The van der Waals surface area contributed by atoms with Crippen LogP contribution in [0.25, 0.3) is 0 Å². The number of carbonyl (C=O) groups excluding carboxylic acids is 1. The Hall–Kier alpha value is -1.10. The van der Waals surface area contributed by atoms with Gasteiger partial charge in [-0.25, -0.2) is 4.98 Å². The summed E-state index contributed by atoms with van der Waals surface area (Å²) in [6.45, 7) is 6.83. The van der Waals surface area contributed by atoms with Crippen LogP contribution < -0.4 is 5.32 Å². The van der Waals surface area contributed by atoms with Gasteiger partial charge in [0.1, 0.15) is 5.82 Å². The highest BCUT2D eigenvalue weighted by molar-refractivity contribution is 9.10. The minimum atomic E-state index is -0.00546. The van der Waals surface area contributed by atoms with Crippen molar-refractivity contribution in [2.24, 2.45) is 0 Å². The number of rotatable bonds is 5. The Morgan fingerprint density at radius 1 is 1.56 bits per heavy atom. The average Bonchev–Trinajstić information content (AvgIpc) is 2.38. The lowest BCUT2D eigenvalue weighted by molar-refractivity contribution is 0.0741. The SMILES string of the molecule is CCNc1ncc(Br)cc1C(=O)N(C)C(C)CC. The summed E-state index contributed by atoms with van der Waals surface area (Å²) in [5.74, 6) is 0.634. The maximum Gasteiger partial charge on any atom is 0.257 e. The van der Waals surface area contributed by atoms with Crippen molar-refractivity contribution in [2.45, 2.75) is 33.2 Å². The predicted molar refractivity (Wildman–Crippen MR) is 77.9 cm³/mol. The number of amides is 1. The lowest BCUT2D eigenvalue weighted by Gasteiger charge is -2.24. The van der Waals surface area contributed by atoms with E-state index in [1.807, 2.05) is 27.0 Å².